The minimum Gasteiger partial charge on any atom is -0.393 e. The molecule has 1 aliphatic carbocycles. The maximum atomic E-state index is 9.87. The predicted molar refractivity (Wildman–Crippen MR) is 110 cm³/mol. The molecule has 24 heavy (non-hydrogen) atoms. The number of H-pyrrole nitrogens is 1. The van der Waals surface area contributed by atoms with E-state index in [0.717, 1.165) is 44.7 Å². The largest absolute Gasteiger partial charge is 0.393 e. The Balaban J connectivity index is 0.00000208. The topological polar surface area (TPSA) is 72.4 Å². The average molecular weight is 442 g/mol. The zero-order valence-electron chi connectivity index (χ0n) is 14.1. The number of para-hydroxylation sites is 1. The molecule has 2 atom stereocenters. The van der Waals surface area contributed by atoms with Crippen molar-refractivity contribution in [2.24, 2.45) is 10.9 Å². The Morgan fingerprint density at radius 1 is 1.29 bits per heavy atom. The van der Waals surface area contributed by atoms with E-state index < -0.39 is 0 Å². The van der Waals surface area contributed by atoms with Crippen LogP contribution >= 0.6 is 24.0 Å². The van der Waals surface area contributed by atoms with Crippen LogP contribution in [0.1, 0.15) is 24.8 Å². The fraction of sp³-hybridized carbons (Fsp3) is 0.500. The molecule has 1 aromatic heterocycles. The van der Waals surface area contributed by atoms with E-state index in [9.17, 15) is 5.11 Å². The van der Waals surface area contributed by atoms with Crippen LogP contribution in [0.3, 0.4) is 0 Å². The number of nitrogens with one attached hydrogen (secondary N) is 3. The molecule has 1 aliphatic rings. The van der Waals surface area contributed by atoms with Crippen LogP contribution in [0.25, 0.3) is 10.9 Å². The normalized spacial score (nSPS) is 20.8. The summed E-state index contributed by atoms with van der Waals surface area (Å²) < 4.78 is 0. The molecule has 2 aromatic rings. The molecular weight excluding hydrogens is 415 g/mol. The summed E-state index contributed by atoms with van der Waals surface area (Å²) >= 11 is 0. The molecule has 6 heteroatoms. The molecule has 0 radical (unpaired) electrons. The van der Waals surface area contributed by atoms with Crippen molar-refractivity contribution in [3.8, 4) is 0 Å². The lowest BCUT2D eigenvalue weighted by atomic mass is 10.1. The van der Waals surface area contributed by atoms with Crippen LogP contribution in [0.2, 0.25) is 0 Å². The first-order valence-corrected chi connectivity index (χ1v) is 8.45. The second-order valence-corrected chi connectivity index (χ2v) is 6.25. The number of halogens is 1. The monoisotopic (exact) mass is 442 g/mol. The maximum Gasteiger partial charge on any atom is 0.190 e. The number of nitrogens with zero attached hydrogens (tertiary/aromatic N) is 1. The zero-order valence-corrected chi connectivity index (χ0v) is 16.4. The predicted octanol–water partition coefficient (Wildman–Crippen LogP) is 2.65. The zero-order chi connectivity index (χ0) is 16.1. The van der Waals surface area contributed by atoms with Crippen LogP contribution in [-0.2, 0) is 6.42 Å². The highest BCUT2D eigenvalue weighted by molar-refractivity contribution is 14.0. The van der Waals surface area contributed by atoms with Gasteiger partial charge in [-0.3, -0.25) is 4.99 Å². The molecule has 0 bridgehead atoms. The summed E-state index contributed by atoms with van der Waals surface area (Å²) in [5, 5.41) is 17.8. The van der Waals surface area contributed by atoms with Gasteiger partial charge in [0.2, 0.25) is 0 Å². The van der Waals surface area contributed by atoms with Crippen LogP contribution in [-0.4, -0.2) is 42.3 Å². The Hall–Kier alpha value is -1.28. The molecular formula is C18H27IN4O. The van der Waals surface area contributed by atoms with Gasteiger partial charge in [-0.2, -0.15) is 0 Å². The molecule has 1 heterocycles. The summed E-state index contributed by atoms with van der Waals surface area (Å²) in [4.78, 5) is 7.57. The fourth-order valence-corrected chi connectivity index (χ4v) is 3.36. The Labute approximate surface area is 160 Å². The number of aliphatic hydroxyl groups excluding tert-OH is 1. The van der Waals surface area contributed by atoms with Gasteiger partial charge in [-0.05, 0) is 30.9 Å². The minimum absolute atomic E-state index is 0. The number of rotatable bonds is 5. The van der Waals surface area contributed by atoms with E-state index in [4.69, 9.17) is 0 Å². The van der Waals surface area contributed by atoms with Crippen molar-refractivity contribution in [2.75, 3.05) is 20.1 Å². The number of benzene rings is 1. The number of hydrogen-bond acceptors (Lipinski definition) is 2. The van der Waals surface area contributed by atoms with E-state index in [-0.39, 0.29) is 30.1 Å². The SMILES string of the molecule is CN=C(NCCc1c[nH]c2ccccc12)NCC1CCCC1O.I. The molecule has 4 N–H and O–H groups in total. The van der Waals surface area contributed by atoms with Gasteiger partial charge >= 0.3 is 0 Å². The summed E-state index contributed by atoms with van der Waals surface area (Å²) in [6, 6.07) is 8.36. The van der Waals surface area contributed by atoms with E-state index in [1.54, 1.807) is 7.05 Å². The Morgan fingerprint density at radius 3 is 2.88 bits per heavy atom. The molecule has 0 spiro atoms. The lowest BCUT2D eigenvalue weighted by Crippen LogP contribution is -2.41. The van der Waals surface area contributed by atoms with Gasteiger partial charge in [-0.15, -0.1) is 24.0 Å². The number of hydrogen-bond donors (Lipinski definition) is 4. The number of fused-ring (bicyclic) bond motifs is 1. The van der Waals surface area contributed by atoms with E-state index in [2.05, 4.69) is 45.0 Å². The van der Waals surface area contributed by atoms with Crippen molar-refractivity contribution in [2.45, 2.75) is 31.8 Å². The van der Waals surface area contributed by atoms with E-state index in [0.29, 0.717) is 5.92 Å². The first-order valence-electron chi connectivity index (χ1n) is 8.45. The third kappa shape index (κ3) is 4.63. The molecule has 0 amide bonds. The summed E-state index contributed by atoms with van der Waals surface area (Å²) in [5.41, 5.74) is 2.50. The van der Waals surface area contributed by atoms with Crippen molar-refractivity contribution in [3.05, 3.63) is 36.0 Å². The van der Waals surface area contributed by atoms with Crippen molar-refractivity contribution < 1.29 is 5.11 Å². The maximum absolute atomic E-state index is 9.87. The Bertz CT molecular complexity index is 670. The first-order chi connectivity index (χ1) is 11.3. The van der Waals surface area contributed by atoms with Gasteiger partial charge in [-0.1, -0.05) is 24.6 Å². The molecule has 0 aliphatic heterocycles. The van der Waals surface area contributed by atoms with Crippen molar-refractivity contribution in [1.29, 1.82) is 0 Å². The quantitative estimate of drug-likeness (QED) is 0.327. The number of aliphatic imine (C=N–C) groups is 1. The molecule has 1 fully saturated rings. The molecule has 5 nitrogen and oxygen atoms in total. The Morgan fingerprint density at radius 2 is 2.12 bits per heavy atom. The van der Waals surface area contributed by atoms with Crippen LogP contribution in [0, 0.1) is 5.92 Å². The van der Waals surface area contributed by atoms with Gasteiger partial charge in [0.05, 0.1) is 6.10 Å². The first kappa shape index (κ1) is 19.1. The van der Waals surface area contributed by atoms with Crippen LogP contribution in [0.5, 0.6) is 0 Å². The molecule has 3 rings (SSSR count). The van der Waals surface area contributed by atoms with Gasteiger partial charge in [0.25, 0.3) is 0 Å². The second-order valence-electron chi connectivity index (χ2n) is 6.25. The summed E-state index contributed by atoms with van der Waals surface area (Å²) in [7, 11) is 1.78. The number of guanidine groups is 1. The second kappa shape index (κ2) is 9.27. The van der Waals surface area contributed by atoms with Crippen LogP contribution in [0.4, 0.5) is 0 Å². The van der Waals surface area contributed by atoms with E-state index in [1.165, 1.54) is 16.5 Å². The summed E-state index contributed by atoms with van der Waals surface area (Å²) in [5.74, 6) is 1.16. The smallest absolute Gasteiger partial charge is 0.190 e. The number of aromatic amines is 1. The standard InChI is InChI=1S/C18H26N4O.HI/c1-19-18(22-12-14-5-4-8-17(14)23)20-10-9-13-11-21-16-7-3-2-6-15(13)16;/h2-3,6-7,11,14,17,21,23H,4-5,8-10,12H2,1H3,(H2,19,20,22);1H. The van der Waals surface area contributed by atoms with Crippen molar-refractivity contribution in [1.82, 2.24) is 15.6 Å². The summed E-state index contributed by atoms with van der Waals surface area (Å²) in [6.07, 6.45) is 6.01. The number of aliphatic hydroxyl groups is 1. The van der Waals surface area contributed by atoms with Crippen molar-refractivity contribution in [3.63, 3.8) is 0 Å². The molecule has 132 valence electrons. The lowest BCUT2D eigenvalue weighted by molar-refractivity contribution is 0.134. The van der Waals surface area contributed by atoms with Crippen LogP contribution < -0.4 is 10.6 Å². The molecule has 0 saturated heterocycles. The Kier molecular flexibility index (Phi) is 7.36. The van der Waals surface area contributed by atoms with Gasteiger partial charge in [0.15, 0.2) is 5.96 Å². The van der Waals surface area contributed by atoms with Gasteiger partial charge in [0, 0.05) is 43.2 Å². The third-order valence-corrected chi connectivity index (χ3v) is 4.74. The van der Waals surface area contributed by atoms with Crippen LogP contribution in [0.15, 0.2) is 35.5 Å². The van der Waals surface area contributed by atoms with E-state index in [1.807, 2.05) is 6.07 Å². The highest BCUT2D eigenvalue weighted by Gasteiger charge is 2.24. The molecule has 1 saturated carbocycles. The van der Waals surface area contributed by atoms with E-state index >= 15 is 0 Å². The fourth-order valence-electron chi connectivity index (χ4n) is 3.36. The lowest BCUT2D eigenvalue weighted by Gasteiger charge is -2.17. The average Bonchev–Trinajstić information content (AvgIpc) is 3.17. The molecule has 2 unspecified atom stereocenters. The highest BCUT2D eigenvalue weighted by Crippen LogP contribution is 2.24. The minimum atomic E-state index is -0.160. The van der Waals surface area contributed by atoms with Crippen molar-refractivity contribution >= 4 is 40.8 Å². The third-order valence-electron chi connectivity index (χ3n) is 4.74. The highest BCUT2D eigenvalue weighted by atomic mass is 127. The van der Waals surface area contributed by atoms with Gasteiger partial charge in [0.1, 0.15) is 0 Å². The van der Waals surface area contributed by atoms with Gasteiger partial charge < -0.3 is 20.7 Å². The number of aromatic nitrogens is 1. The summed E-state index contributed by atoms with van der Waals surface area (Å²) in [6.45, 7) is 1.61. The van der Waals surface area contributed by atoms with Gasteiger partial charge in [-0.25, -0.2) is 0 Å². The molecule has 1 aromatic carbocycles.